The van der Waals surface area contributed by atoms with E-state index in [4.69, 9.17) is 0 Å². The van der Waals surface area contributed by atoms with Crippen molar-refractivity contribution in [2.75, 3.05) is 36.7 Å². The van der Waals surface area contributed by atoms with Crippen molar-refractivity contribution in [3.05, 3.63) is 47.8 Å². The molecule has 1 heterocycles. The second-order valence-electron chi connectivity index (χ2n) is 4.99. The van der Waals surface area contributed by atoms with E-state index in [0.29, 0.717) is 5.56 Å². The first-order valence-electron chi connectivity index (χ1n) is 6.75. The van der Waals surface area contributed by atoms with E-state index < -0.39 is 0 Å². The van der Waals surface area contributed by atoms with Crippen molar-refractivity contribution in [1.29, 1.82) is 0 Å². The molecule has 5 heteroatoms. The molecule has 0 saturated carbocycles. The molecule has 21 heavy (non-hydrogen) atoms. The van der Waals surface area contributed by atoms with Crippen LogP contribution < -0.4 is 15.5 Å². The maximum absolute atomic E-state index is 12.5. The van der Waals surface area contributed by atoms with E-state index in [2.05, 4.69) is 15.6 Å². The Labute approximate surface area is 125 Å². The smallest absolute Gasteiger partial charge is 0.259 e. The van der Waals surface area contributed by atoms with E-state index in [1.807, 2.05) is 56.3 Å². The lowest BCUT2D eigenvalue weighted by atomic mass is 10.2. The highest BCUT2D eigenvalue weighted by Crippen LogP contribution is 2.25. The number of benzene rings is 1. The third-order valence-corrected chi connectivity index (χ3v) is 3.19. The second-order valence-corrected chi connectivity index (χ2v) is 4.99. The molecule has 5 nitrogen and oxygen atoms in total. The lowest BCUT2D eigenvalue weighted by molar-refractivity contribution is 0.102. The van der Waals surface area contributed by atoms with Gasteiger partial charge >= 0.3 is 0 Å². The molecule has 0 radical (unpaired) electrons. The summed E-state index contributed by atoms with van der Waals surface area (Å²) in [6.45, 7) is 1.89. The molecule has 0 aliphatic carbocycles. The maximum Gasteiger partial charge on any atom is 0.259 e. The zero-order valence-corrected chi connectivity index (χ0v) is 12.8. The van der Waals surface area contributed by atoms with E-state index in [9.17, 15) is 4.79 Å². The Bertz CT molecular complexity index is 652. The topological polar surface area (TPSA) is 57.3 Å². The van der Waals surface area contributed by atoms with Crippen molar-refractivity contribution >= 4 is 23.0 Å². The number of nitrogens with zero attached hydrogens (tertiary/aromatic N) is 2. The first kappa shape index (κ1) is 14.8. The van der Waals surface area contributed by atoms with Crippen LogP contribution in [-0.2, 0) is 0 Å². The Morgan fingerprint density at radius 2 is 1.90 bits per heavy atom. The summed E-state index contributed by atoms with van der Waals surface area (Å²) in [4.78, 5) is 18.6. The van der Waals surface area contributed by atoms with Crippen molar-refractivity contribution in [3.63, 3.8) is 0 Å². The first-order valence-corrected chi connectivity index (χ1v) is 6.75. The van der Waals surface area contributed by atoms with Gasteiger partial charge in [0.15, 0.2) is 0 Å². The summed E-state index contributed by atoms with van der Waals surface area (Å²) in [5.41, 5.74) is 3.88. The summed E-state index contributed by atoms with van der Waals surface area (Å²) in [6.07, 6.45) is 1.59. The number of rotatable bonds is 4. The fourth-order valence-corrected chi connectivity index (χ4v) is 2.11. The number of pyridine rings is 1. The van der Waals surface area contributed by atoms with Gasteiger partial charge in [0, 0.05) is 33.0 Å². The van der Waals surface area contributed by atoms with Gasteiger partial charge in [-0.25, -0.2) is 0 Å². The fraction of sp³-hybridized carbons (Fsp3) is 0.250. The summed E-state index contributed by atoms with van der Waals surface area (Å²) < 4.78 is 0. The average molecular weight is 284 g/mol. The monoisotopic (exact) mass is 284 g/mol. The number of aromatic nitrogens is 1. The molecule has 0 bridgehead atoms. The number of amides is 1. The Morgan fingerprint density at radius 3 is 2.57 bits per heavy atom. The van der Waals surface area contributed by atoms with Gasteiger partial charge in [-0.2, -0.15) is 0 Å². The number of para-hydroxylation sites is 2. The van der Waals surface area contributed by atoms with Gasteiger partial charge in [0.25, 0.3) is 5.91 Å². The summed E-state index contributed by atoms with van der Waals surface area (Å²) in [7, 11) is 5.67. The summed E-state index contributed by atoms with van der Waals surface area (Å²) in [5, 5.41) is 5.97. The number of hydrogen-bond donors (Lipinski definition) is 2. The predicted molar refractivity (Wildman–Crippen MR) is 87.2 cm³/mol. The minimum Gasteiger partial charge on any atom is -0.387 e. The minimum atomic E-state index is -0.179. The van der Waals surface area contributed by atoms with Gasteiger partial charge in [-0.3, -0.25) is 9.78 Å². The molecule has 1 amide bonds. The van der Waals surface area contributed by atoms with Crippen LogP contribution in [0.25, 0.3) is 0 Å². The third-order valence-electron chi connectivity index (χ3n) is 3.19. The molecule has 1 aromatic heterocycles. The molecule has 0 aliphatic heterocycles. The molecule has 0 atom stereocenters. The van der Waals surface area contributed by atoms with Crippen molar-refractivity contribution in [3.8, 4) is 0 Å². The van der Waals surface area contributed by atoms with Gasteiger partial charge in [0.2, 0.25) is 0 Å². The number of hydrogen-bond acceptors (Lipinski definition) is 4. The molecule has 0 aliphatic rings. The van der Waals surface area contributed by atoms with Crippen LogP contribution in [0.15, 0.2) is 36.5 Å². The van der Waals surface area contributed by atoms with Gasteiger partial charge in [-0.1, -0.05) is 12.1 Å². The molecule has 2 rings (SSSR count). The first-order chi connectivity index (χ1) is 10.0. The molecular formula is C16H20N4O. The average Bonchev–Trinajstić information content (AvgIpc) is 2.47. The van der Waals surface area contributed by atoms with Gasteiger partial charge in [-0.05, 0) is 25.1 Å². The molecule has 0 spiro atoms. The number of nitrogens with one attached hydrogen (secondary N) is 2. The van der Waals surface area contributed by atoms with E-state index >= 15 is 0 Å². The van der Waals surface area contributed by atoms with Crippen molar-refractivity contribution in [1.82, 2.24) is 4.98 Å². The van der Waals surface area contributed by atoms with Crippen LogP contribution in [0, 0.1) is 6.92 Å². The van der Waals surface area contributed by atoms with Crippen molar-refractivity contribution < 1.29 is 4.79 Å². The van der Waals surface area contributed by atoms with Gasteiger partial charge < -0.3 is 15.5 Å². The predicted octanol–water partition coefficient (Wildman–Crippen LogP) is 2.75. The highest BCUT2D eigenvalue weighted by molar-refractivity contribution is 6.09. The van der Waals surface area contributed by atoms with E-state index in [1.54, 1.807) is 13.2 Å². The number of aryl methyl sites for hydroxylation is 1. The Hall–Kier alpha value is -2.56. The highest BCUT2D eigenvalue weighted by atomic mass is 16.1. The van der Waals surface area contributed by atoms with E-state index in [-0.39, 0.29) is 5.91 Å². The molecule has 1 aromatic carbocycles. The van der Waals surface area contributed by atoms with Crippen LogP contribution >= 0.6 is 0 Å². The van der Waals surface area contributed by atoms with E-state index in [0.717, 1.165) is 22.8 Å². The SMILES string of the molecule is CNc1cc(C)ncc1C(=O)Nc1ccccc1N(C)C. The van der Waals surface area contributed by atoms with Crippen LogP contribution in [0.4, 0.5) is 17.1 Å². The van der Waals surface area contributed by atoms with E-state index in [1.165, 1.54) is 0 Å². The highest BCUT2D eigenvalue weighted by Gasteiger charge is 2.14. The van der Waals surface area contributed by atoms with Crippen molar-refractivity contribution in [2.45, 2.75) is 6.92 Å². The molecule has 2 N–H and O–H groups in total. The van der Waals surface area contributed by atoms with Crippen LogP contribution in [0.3, 0.4) is 0 Å². The van der Waals surface area contributed by atoms with Crippen molar-refractivity contribution in [2.24, 2.45) is 0 Å². The zero-order valence-electron chi connectivity index (χ0n) is 12.8. The summed E-state index contributed by atoms with van der Waals surface area (Å²) in [6, 6.07) is 9.54. The molecule has 0 fully saturated rings. The number of carbonyl (C=O) groups excluding carboxylic acids is 1. The fourth-order valence-electron chi connectivity index (χ4n) is 2.11. The largest absolute Gasteiger partial charge is 0.387 e. The standard InChI is InChI=1S/C16H20N4O/c1-11-9-14(17-2)12(10-18-11)16(21)19-13-7-5-6-8-15(13)20(3)4/h5-10H,1-4H3,(H,17,18)(H,19,21). The molecule has 0 saturated heterocycles. The van der Waals surface area contributed by atoms with Crippen LogP contribution in [-0.4, -0.2) is 32.0 Å². The van der Waals surface area contributed by atoms with Gasteiger partial charge in [0.05, 0.1) is 22.6 Å². The molecule has 0 unspecified atom stereocenters. The Morgan fingerprint density at radius 1 is 1.19 bits per heavy atom. The Kier molecular flexibility index (Phi) is 4.42. The molecule has 110 valence electrons. The van der Waals surface area contributed by atoms with Crippen LogP contribution in [0.5, 0.6) is 0 Å². The van der Waals surface area contributed by atoms with Gasteiger partial charge in [0.1, 0.15) is 0 Å². The zero-order chi connectivity index (χ0) is 15.4. The number of anilines is 3. The summed E-state index contributed by atoms with van der Waals surface area (Å²) in [5.74, 6) is -0.179. The second kappa shape index (κ2) is 6.26. The Balaban J connectivity index is 2.31. The summed E-state index contributed by atoms with van der Waals surface area (Å²) >= 11 is 0. The lowest BCUT2D eigenvalue weighted by Crippen LogP contribution is -2.18. The normalized spacial score (nSPS) is 10.1. The lowest BCUT2D eigenvalue weighted by Gasteiger charge is -2.18. The molecule has 2 aromatic rings. The quantitative estimate of drug-likeness (QED) is 0.906. The van der Waals surface area contributed by atoms with Gasteiger partial charge in [-0.15, -0.1) is 0 Å². The maximum atomic E-state index is 12.5. The van der Waals surface area contributed by atoms with Crippen LogP contribution in [0.1, 0.15) is 16.1 Å². The van der Waals surface area contributed by atoms with Crippen LogP contribution in [0.2, 0.25) is 0 Å². The third kappa shape index (κ3) is 3.31. The minimum absolute atomic E-state index is 0.179. The molecular weight excluding hydrogens is 264 g/mol. The number of carbonyl (C=O) groups is 1.